The van der Waals surface area contributed by atoms with E-state index < -0.39 is 0 Å². The van der Waals surface area contributed by atoms with Crippen molar-refractivity contribution in [3.05, 3.63) is 18.7 Å². The molecular formula is C15H24N4. The first kappa shape index (κ1) is 14.1. The molecule has 2 atom stereocenters. The molecule has 1 N–H and O–H groups in total. The van der Waals surface area contributed by atoms with E-state index in [0.29, 0.717) is 6.04 Å². The van der Waals surface area contributed by atoms with Gasteiger partial charge in [0.05, 0.1) is 18.3 Å². The summed E-state index contributed by atoms with van der Waals surface area (Å²) < 4.78 is 2.11. The molecule has 4 heteroatoms. The summed E-state index contributed by atoms with van der Waals surface area (Å²) in [6.45, 7) is 2.06. The normalized spacial score (nSPS) is 23.7. The Bertz CT molecular complexity index is 379. The van der Waals surface area contributed by atoms with Crippen molar-refractivity contribution in [3.63, 3.8) is 0 Å². The van der Waals surface area contributed by atoms with E-state index in [9.17, 15) is 5.26 Å². The third-order valence-corrected chi connectivity index (χ3v) is 3.99. The predicted molar refractivity (Wildman–Crippen MR) is 75.4 cm³/mol. The van der Waals surface area contributed by atoms with Gasteiger partial charge in [-0.15, -0.1) is 0 Å². The molecule has 19 heavy (non-hydrogen) atoms. The van der Waals surface area contributed by atoms with Crippen molar-refractivity contribution in [1.82, 2.24) is 14.9 Å². The second kappa shape index (κ2) is 7.96. The molecule has 104 valence electrons. The van der Waals surface area contributed by atoms with Gasteiger partial charge in [-0.05, 0) is 32.2 Å². The van der Waals surface area contributed by atoms with Gasteiger partial charge in [0.15, 0.2) is 0 Å². The predicted octanol–water partition coefficient (Wildman–Crippen LogP) is 2.73. The van der Waals surface area contributed by atoms with Crippen LogP contribution >= 0.6 is 0 Å². The molecule has 2 unspecified atom stereocenters. The van der Waals surface area contributed by atoms with Gasteiger partial charge in [0.2, 0.25) is 0 Å². The van der Waals surface area contributed by atoms with Crippen LogP contribution in [-0.2, 0) is 6.54 Å². The van der Waals surface area contributed by atoms with E-state index in [1.54, 1.807) is 0 Å². The number of unbranched alkanes of at least 4 members (excludes halogenated alkanes) is 1. The molecule has 1 fully saturated rings. The maximum atomic E-state index is 9.21. The SMILES string of the molecule is N#CC1CCCCCC1NCCCCn1ccnc1. The highest BCUT2D eigenvalue weighted by molar-refractivity contribution is 4.93. The number of rotatable bonds is 6. The van der Waals surface area contributed by atoms with Crippen LogP contribution in [0.5, 0.6) is 0 Å². The van der Waals surface area contributed by atoms with E-state index >= 15 is 0 Å². The fourth-order valence-corrected chi connectivity index (χ4v) is 2.83. The largest absolute Gasteiger partial charge is 0.337 e. The average molecular weight is 260 g/mol. The zero-order chi connectivity index (χ0) is 13.3. The first-order valence-corrected chi connectivity index (χ1v) is 7.49. The van der Waals surface area contributed by atoms with Crippen molar-refractivity contribution in [2.75, 3.05) is 6.54 Å². The Labute approximate surface area is 115 Å². The Morgan fingerprint density at radius 1 is 1.26 bits per heavy atom. The lowest BCUT2D eigenvalue weighted by Crippen LogP contribution is -2.35. The molecule has 1 aliphatic rings. The molecule has 1 saturated carbocycles. The second-order valence-electron chi connectivity index (χ2n) is 5.44. The van der Waals surface area contributed by atoms with E-state index in [1.807, 2.05) is 18.7 Å². The van der Waals surface area contributed by atoms with Crippen LogP contribution in [0.4, 0.5) is 0 Å². The van der Waals surface area contributed by atoms with Gasteiger partial charge in [-0.1, -0.05) is 19.3 Å². The maximum absolute atomic E-state index is 9.21. The second-order valence-corrected chi connectivity index (χ2v) is 5.44. The summed E-state index contributed by atoms with van der Waals surface area (Å²) >= 11 is 0. The van der Waals surface area contributed by atoms with Gasteiger partial charge in [-0.25, -0.2) is 4.98 Å². The number of aromatic nitrogens is 2. The summed E-state index contributed by atoms with van der Waals surface area (Å²) in [4.78, 5) is 4.04. The Balaban J connectivity index is 1.62. The Morgan fingerprint density at radius 3 is 2.95 bits per heavy atom. The summed E-state index contributed by atoms with van der Waals surface area (Å²) in [5, 5.41) is 12.8. The molecule has 1 aromatic rings. The van der Waals surface area contributed by atoms with Crippen LogP contribution in [0.2, 0.25) is 0 Å². The standard InChI is InChI=1S/C15H24N4/c16-12-14-6-2-1-3-7-15(14)18-8-4-5-10-19-11-9-17-13-19/h9,11,13-15,18H,1-8,10H2. The first-order valence-electron chi connectivity index (χ1n) is 7.49. The highest BCUT2D eigenvalue weighted by atomic mass is 15.0. The molecule has 1 heterocycles. The molecule has 1 aliphatic carbocycles. The van der Waals surface area contributed by atoms with Crippen LogP contribution in [0.1, 0.15) is 44.9 Å². The number of imidazole rings is 1. The van der Waals surface area contributed by atoms with Gasteiger partial charge in [0, 0.05) is 25.0 Å². The van der Waals surface area contributed by atoms with Gasteiger partial charge >= 0.3 is 0 Å². The van der Waals surface area contributed by atoms with Gasteiger partial charge in [0.25, 0.3) is 0 Å². The van der Waals surface area contributed by atoms with Crippen LogP contribution in [0, 0.1) is 17.2 Å². The van der Waals surface area contributed by atoms with Crippen LogP contribution in [0.15, 0.2) is 18.7 Å². The van der Waals surface area contributed by atoms with Crippen LogP contribution in [0.3, 0.4) is 0 Å². The van der Waals surface area contributed by atoms with E-state index in [2.05, 4.69) is 20.9 Å². The lowest BCUT2D eigenvalue weighted by Gasteiger charge is -2.20. The molecule has 2 rings (SSSR count). The molecule has 1 aromatic heterocycles. The van der Waals surface area contributed by atoms with Gasteiger partial charge in [-0.3, -0.25) is 0 Å². The van der Waals surface area contributed by atoms with Crippen molar-refractivity contribution < 1.29 is 0 Å². The van der Waals surface area contributed by atoms with E-state index in [-0.39, 0.29) is 5.92 Å². The molecule has 0 saturated heterocycles. The number of nitrogens with zero attached hydrogens (tertiary/aromatic N) is 3. The minimum Gasteiger partial charge on any atom is -0.337 e. The molecule has 0 aromatic carbocycles. The fourth-order valence-electron chi connectivity index (χ4n) is 2.83. The summed E-state index contributed by atoms with van der Waals surface area (Å²) in [7, 11) is 0. The zero-order valence-electron chi connectivity index (χ0n) is 11.6. The van der Waals surface area contributed by atoms with E-state index in [1.165, 1.54) is 25.7 Å². The summed E-state index contributed by atoms with van der Waals surface area (Å²) in [6.07, 6.45) is 14.0. The third kappa shape index (κ3) is 4.68. The number of hydrogen-bond acceptors (Lipinski definition) is 3. The quantitative estimate of drug-likeness (QED) is 0.632. The minimum absolute atomic E-state index is 0.219. The number of nitriles is 1. The molecule has 4 nitrogen and oxygen atoms in total. The molecular weight excluding hydrogens is 236 g/mol. The minimum atomic E-state index is 0.219. The van der Waals surface area contributed by atoms with Gasteiger partial charge in [-0.2, -0.15) is 5.26 Å². The smallest absolute Gasteiger partial charge is 0.0945 e. The average Bonchev–Trinajstić information content (AvgIpc) is 2.84. The molecule has 0 aliphatic heterocycles. The number of nitrogens with one attached hydrogen (secondary N) is 1. The van der Waals surface area contributed by atoms with Crippen LogP contribution < -0.4 is 5.32 Å². The lowest BCUT2D eigenvalue weighted by atomic mass is 9.96. The maximum Gasteiger partial charge on any atom is 0.0945 e. The summed E-state index contributed by atoms with van der Waals surface area (Å²) in [5.74, 6) is 0.219. The first-order chi connectivity index (χ1) is 9.40. The lowest BCUT2D eigenvalue weighted by molar-refractivity contribution is 0.388. The van der Waals surface area contributed by atoms with Crippen LogP contribution in [0.25, 0.3) is 0 Å². The van der Waals surface area contributed by atoms with E-state index in [4.69, 9.17) is 0 Å². The molecule has 0 amide bonds. The Kier molecular flexibility index (Phi) is 5.90. The molecule has 0 radical (unpaired) electrons. The van der Waals surface area contributed by atoms with Crippen molar-refractivity contribution in [3.8, 4) is 6.07 Å². The number of hydrogen-bond donors (Lipinski definition) is 1. The summed E-state index contributed by atoms with van der Waals surface area (Å²) in [5.41, 5.74) is 0. The Morgan fingerprint density at radius 2 is 2.16 bits per heavy atom. The van der Waals surface area contributed by atoms with Crippen molar-refractivity contribution in [2.45, 2.75) is 57.5 Å². The highest BCUT2D eigenvalue weighted by Gasteiger charge is 2.22. The van der Waals surface area contributed by atoms with Crippen molar-refractivity contribution >= 4 is 0 Å². The van der Waals surface area contributed by atoms with Crippen molar-refractivity contribution in [1.29, 1.82) is 5.26 Å². The zero-order valence-corrected chi connectivity index (χ0v) is 11.6. The topological polar surface area (TPSA) is 53.6 Å². The van der Waals surface area contributed by atoms with E-state index in [0.717, 1.165) is 32.4 Å². The fraction of sp³-hybridized carbons (Fsp3) is 0.733. The van der Waals surface area contributed by atoms with Gasteiger partial charge in [0.1, 0.15) is 0 Å². The monoisotopic (exact) mass is 260 g/mol. The molecule has 0 spiro atoms. The highest BCUT2D eigenvalue weighted by Crippen LogP contribution is 2.22. The molecule has 0 bridgehead atoms. The van der Waals surface area contributed by atoms with Crippen molar-refractivity contribution in [2.24, 2.45) is 5.92 Å². The third-order valence-electron chi connectivity index (χ3n) is 3.99. The summed E-state index contributed by atoms with van der Waals surface area (Å²) in [6, 6.07) is 2.90. The Hall–Kier alpha value is -1.34. The number of aryl methyl sites for hydroxylation is 1. The van der Waals surface area contributed by atoms with Gasteiger partial charge < -0.3 is 9.88 Å². The van der Waals surface area contributed by atoms with Crippen LogP contribution in [-0.4, -0.2) is 22.1 Å².